The summed E-state index contributed by atoms with van der Waals surface area (Å²) in [5.41, 5.74) is 0.907. The molecule has 0 radical (unpaired) electrons. The molecule has 1 atom stereocenters. The molecule has 0 saturated carbocycles. The molecule has 5 nitrogen and oxygen atoms in total. The highest BCUT2D eigenvalue weighted by Gasteiger charge is 2.26. The van der Waals surface area contributed by atoms with E-state index in [0.29, 0.717) is 6.42 Å². The molecule has 0 aliphatic heterocycles. The van der Waals surface area contributed by atoms with Gasteiger partial charge in [0.1, 0.15) is 6.04 Å². The lowest BCUT2D eigenvalue weighted by Gasteiger charge is -2.17. The first-order valence-corrected chi connectivity index (χ1v) is 7.74. The molecule has 0 saturated heterocycles. The molecular weight excluding hydrogens is 266 g/mol. The lowest BCUT2D eigenvalue weighted by atomic mass is 10.1. The summed E-state index contributed by atoms with van der Waals surface area (Å²) in [7, 11) is -3.60. The number of carbonyl (C=O) groups is 1. The van der Waals surface area contributed by atoms with E-state index in [0.717, 1.165) is 5.56 Å². The number of sulfonamides is 1. The van der Waals surface area contributed by atoms with E-state index in [1.807, 2.05) is 30.3 Å². The highest BCUT2D eigenvalue weighted by Crippen LogP contribution is 2.06. The van der Waals surface area contributed by atoms with Crippen LogP contribution in [0.15, 0.2) is 30.3 Å². The number of hydrogen-bond donors (Lipinski definition) is 2. The van der Waals surface area contributed by atoms with Gasteiger partial charge in [-0.05, 0) is 17.9 Å². The van der Waals surface area contributed by atoms with E-state index in [1.54, 1.807) is 13.8 Å². The minimum absolute atomic E-state index is 0.118. The fourth-order valence-corrected chi connectivity index (χ4v) is 3.00. The van der Waals surface area contributed by atoms with Crippen LogP contribution in [0.2, 0.25) is 0 Å². The van der Waals surface area contributed by atoms with Gasteiger partial charge in [-0.25, -0.2) is 13.1 Å². The van der Waals surface area contributed by atoms with E-state index in [9.17, 15) is 13.2 Å². The minimum Gasteiger partial charge on any atom is -0.480 e. The average molecular weight is 285 g/mol. The molecule has 0 aliphatic carbocycles. The van der Waals surface area contributed by atoms with Crippen molar-refractivity contribution in [3.63, 3.8) is 0 Å². The summed E-state index contributed by atoms with van der Waals surface area (Å²) < 4.78 is 25.9. The molecule has 0 aromatic heterocycles. The zero-order valence-corrected chi connectivity index (χ0v) is 11.9. The Morgan fingerprint density at radius 2 is 1.84 bits per heavy atom. The summed E-state index contributed by atoms with van der Waals surface area (Å²) in [6, 6.07) is 8.13. The first-order valence-electron chi connectivity index (χ1n) is 6.08. The van der Waals surface area contributed by atoms with E-state index in [-0.39, 0.29) is 11.7 Å². The SMILES string of the molecule is CC(C)[C@@H](NS(=O)(=O)CCc1ccccc1)C(=O)O. The van der Waals surface area contributed by atoms with Crippen molar-refractivity contribution >= 4 is 16.0 Å². The van der Waals surface area contributed by atoms with Gasteiger partial charge in [-0.1, -0.05) is 44.2 Å². The fraction of sp³-hybridized carbons (Fsp3) is 0.462. The lowest BCUT2D eigenvalue weighted by molar-refractivity contribution is -0.140. The maximum atomic E-state index is 11.8. The van der Waals surface area contributed by atoms with Crippen molar-refractivity contribution in [3.05, 3.63) is 35.9 Å². The fourth-order valence-electron chi connectivity index (χ4n) is 1.62. The number of carboxylic acids is 1. The van der Waals surface area contributed by atoms with Gasteiger partial charge in [0.05, 0.1) is 5.75 Å². The summed E-state index contributed by atoms with van der Waals surface area (Å²) in [6.07, 6.45) is 0.362. The molecule has 0 heterocycles. The number of nitrogens with one attached hydrogen (secondary N) is 1. The van der Waals surface area contributed by atoms with Gasteiger partial charge in [0, 0.05) is 0 Å². The van der Waals surface area contributed by atoms with Gasteiger partial charge in [-0.3, -0.25) is 4.79 Å². The maximum Gasteiger partial charge on any atom is 0.321 e. The van der Waals surface area contributed by atoms with Crippen molar-refractivity contribution in [3.8, 4) is 0 Å². The number of carboxylic acid groups (broad SMARTS) is 1. The van der Waals surface area contributed by atoms with Crippen molar-refractivity contribution < 1.29 is 18.3 Å². The molecule has 0 spiro atoms. The zero-order chi connectivity index (χ0) is 14.5. The van der Waals surface area contributed by atoms with Gasteiger partial charge in [0.2, 0.25) is 10.0 Å². The summed E-state index contributed by atoms with van der Waals surface area (Å²) in [5.74, 6) is -1.57. The first-order chi connectivity index (χ1) is 8.82. The van der Waals surface area contributed by atoms with Crippen LogP contribution < -0.4 is 4.72 Å². The summed E-state index contributed by atoms with van der Waals surface area (Å²) >= 11 is 0. The third-order valence-electron chi connectivity index (χ3n) is 2.74. The summed E-state index contributed by atoms with van der Waals surface area (Å²) in [4.78, 5) is 11.0. The number of benzene rings is 1. The summed E-state index contributed by atoms with van der Waals surface area (Å²) in [5, 5.41) is 8.97. The van der Waals surface area contributed by atoms with Crippen LogP contribution in [0.1, 0.15) is 19.4 Å². The highest BCUT2D eigenvalue weighted by atomic mass is 32.2. The molecule has 0 amide bonds. The number of rotatable bonds is 7. The van der Waals surface area contributed by atoms with E-state index in [4.69, 9.17) is 5.11 Å². The largest absolute Gasteiger partial charge is 0.480 e. The Kier molecular flexibility index (Phi) is 5.50. The molecule has 1 aromatic rings. The Morgan fingerprint density at radius 1 is 1.26 bits per heavy atom. The second-order valence-corrected chi connectivity index (χ2v) is 6.61. The average Bonchev–Trinajstić information content (AvgIpc) is 2.34. The van der Waals surface area contributed by atoms with E-state index < -0.39 is 22.0 Å². The predicted octanol–water partition coefficient (Wildman–Crippen LogP) is 1.26. The van der Waals surface area contributed by atoms with Gasteiger partial charge in [0.15, 0.2) is 0 Å². The summed E-state index contributed by atoms with van der Waals surface area (Å²) in [6.45, 7) is 3.33. The Hall–Kier alpha value is -1.40. The molecule has 0 aliphatic rings. The van der Waals surface area contributed by atoms with Gasteiger partial charge >= 0.3 is 5.97 Å². The second-order valence-electron chi connectivity index (χ2n) is 4.73. The van der Waals surface area contributed by atoms with Gasteiger partial charge in [-0.2, -0.15) is 0 Å². The molecule has 0 unspecified atom stereocenters. The van der Waals surface area contributed by atoms with Gasteiger partial charge in [0.25, 0.3) is 0 Å². The monoisotopic (exact) mass is 285 g/mol. The van der Waals surface area contributed by atoms with Crippen LogP contribution in [-0.2, 0) is 21.2 Å². The van der Waals surface area contributed by atoms with E-state index in [1.165, 1.54) is 0 Å². The van der Waals surface area contributed by atoms with E-state index in [2.05, 4.69) is 4.72 Å². The van der Waals surface area contributed by atoms with Crippen LogP contribution >= 0.6 is 0 Å². The third-order valence-corrected chi connectivity index (χ3v) is 4.10. The smallest absolute Gasteiger partial charge is 0.321 e. The van der Waals surface area contributed by atoms with Crippen molar-refractivity contribution in [2.24, 2.45) is 5.92 Å². The molecule has 0 bridgehead atoms. The molecule has 6 heteroatoms. The highest BCUT2D eigenvalue weighted by molar-refractivity contribution is 7.89. The van der Waals surface area contributed by atoms with Crippen molar-refractivity contribution in [1.82, 2.24) is 4.72 Å². The first kappa shape index (κ1) is 15.7. The molecule has 2 N–H and O–H groups in total. The maximum absolute atomic E-state index is 11.8. The van der Waals surface area contributed by atoms with Gasteiger partial charge < -0.3 is 5.11 Å². The normalized spacial score (nSPS) is 13.4. The lowest BCUT2D eigenvalue weighted by Crippen LogP contribution is -2.45. The minimum atomic E-state index is -3.60. The number of aliphatic carboxylic acids is 1. The van der Waals surface area contributed by atoms with Crippen LogP contribution in [0.25, 0.3) is 0 Å². The standard InChI is InChI=1S/C13H19NO4S/c1-10(2)12(13(15)16)14-19(17,18)9-8-11-6-4-3-5-7-11/h3-7,10,12,14H,8-9H2,1-2H3,(H,15,16)/t12-/m1/s1. The van der Waals surface area contributed by atoms with E-state index >= 15 is 0 Å². The molecule has 1 rings (SSSR count). The Labute approximate surface area is 113 Å². The topological polar surface area (TPSA) is 83.5 Å². The Bertz CT molecular complexity index is 511. The molecular formula is C13H19NO4S. The van der Waals surface area contributed by atoms with Crippen LogP contribution in [-0.4, -0.2) is 31.3 Å². The quantitative estimate of drug-likeness (QED) is 0.790. The van der Waals surface area contributed by atoms with Crippen LogP contribution in [0.4, 0.5) is 0 Å². The Morgan fingerprint density at radius 3 is 2.32 bits per heavy atom. The van der Waals surface area contributed by atoms with Gasteiger partial charge in [-0.15, -0.1) is 0 Å². The van der Waals surface area contributed by atoms with Crippen molar-refractivity contribution in [2.45, 2.75) is 26.3 Å². The molecule has 106 valence electrons. The number of hydrogen-bond acceptors (Lipinski definition) is 3. The third kappa shape index (κ3) is 5.40. The number of aryl methyl sites for hydroxylation is 1. The van der Waals surface area contributed by atoms with Crippen molar-refractivity contribution in [1.29, 1.82) is 0 Å². The van der Waals surface area contributed by atoms with Crippen LogP contribution in [0, 0.1) is 5.92 Å². The molecule has 19 heavy (non-hydrogen) atoms. The molecule has 0 fully saturated rings. The second kappa shape index (κ2) is 6.68. The van der Waals surface area contributed by atoms with Crippen molar-refractivity contribution in [2.75, 3.05) is 5.75 Å². The zero-order valence-electron chi connectivity index (χ0n) is 11.0. The Balaban J connectivity index is 2.64. The van der Waals surface area contributed by atoms with Crippen LogP contribution in [0.5, 0.6) is 0 Å². The van der Waals surface area contributed by atoms with Crippen LogP contribution in [0.3, 0.4) is 0 Å². The molecule has 1 aromatic carbocycles. The predicted molar refractivity (Wildman–Crippen MR) is 73.3 cm³/mol.